The summed E-state index contributed by atoms with van der Waals surface area (Å²) < 4.78 is 24.3. The van der Waals surface area contributed by atoms with Crippen molar-refractivity contribution >= 4 is 11.9 Å². The van der Waals surface area contributed by atoms with E-state index in [4.69, 9.17) is 14.5 Å². The first kappa shape index (κ1) is 22.3. The second kappa shape index (κ2) is 10.2. The molecule has 34 heavy (non-hydrogen) atoms. The fourth-order valence-corrected chi connectivity index (χ4v) is 4.23. The Kier molecular flexibility index (Phi) is 6.67. The van der Waals surface area contributed by atoms with Gasteiger partial charge in [0.2, 0.25) is 11.9 Å². The number of ether oxygens (including phenoxy) is 2. The minimum Gasteiger partial charge on any atom is -0.457 e. The van der Waals surface area contributed by atoms with Crippen molar-refractivity contribution in [3.63, 3.8) is 0 Å². The first-order chi connectivity index (χ1) is 16.6. The highest BCUT2D eigenvalue weighted by atomic mass is 19.1. The summed E-state index contributed by atoms with van der Waals surface area (Å²) in [6.45, 7) is 4.13. The number of rotatable bonds is 6. The molecule has 0 atom stereocenters. The standard InChI is InChI=1S/C26H27FN4O3/c27-21-5-7-22(8-6-21)34-23-3-1-2-19(16-23)4-9-25(32)31-11-10-20-17-28-26(29-24(20)18-31)30-12-14-33-15-13-30/h1-3,5-8,16-17H,4,9-15,18H2. The number of fused-ring (bicyclic) bond motifs is 1. The largest absolute Gasteiger partial charge is 0.457 e. The topological polar surface area (TPSA) is 67.8 Å². The predicted molar refractivity (Wildman–Crippen MR) is 125 cm³/mol. The van der Waals surface area contributed by atoms with Gasteiger partial charge in [-0.2, -0.15) is 0 Å². The Balaban J connectivity index is 1.18. The Hall–Kier alpha value is -3.52. The number of aromatic nitrogens is 2. The van der Waals surface area contributed by atoms with Gasteiger partial charge in [-0.3, -0.25) is 4.79 Å². The third kappa shape index (κ3) is 5.34. The van der Waals surface area contributed by atoms with Gasteiger partial charge in [-0.15, -0.1) is 0 Å². The van der Waals surface area contributed by atoms with Crippen LogP contribution in [0, 0.1) is 5.82 Å². The maximum absolute atomic E-state index is 13.1. The quantitative estimate of drug-likeness (QED) is 0.556. The van der Waals surface area contributed by atoms with Gasteiger partial charge in [0.25, 0.3) is 0 Å². The highest BCUT2D eigenvalue weighted by Gasteiger charge is 2.24. The molecule has 0 bridgehead atoms. The molecule has 3 aromatic rings. The molecule has 8 heteroatoms. The van der Waals surface area contributed by atoms with Gasteiger partial charge in [-0.25, -0.2) is 14.4 Å². The second-order valence-corrected chi connectivity index (χ2v) is 8.51. The number of nitrogens with zero attached hydrogens (tertiary/aromatic N) is 4. The van der Waals surface area contributed by atoms with Crippen LogP contribution in [-0.2, 0) is 28.9 Å². The highest BCUT2D eigenvalue weighted by molar-refractivity contribution is 5.76. The summed E-state index contributed by atoms with van der Waals surface area (Å²) >= 11 is 0. The van der Waals surface area contributed by atoms with E-state index >= 15 is 0 Å². The van der Waals surface area contributed by atoms with Crippen LogP contribution in [0.5, 0.6) is 11.5 Å². The average molecular weight is 463 g/mol. The summed E-state index contributed by atoms with van der Waals surface area (Å²) in [6, 6.07) is 13.6. The Morgan fingerprint density at radius 2 is 1.88 bits per heavy atom. The number of anilines is 1. The molecule has 0 N–H and O–H groups in total. The van der Waals surface area contributed by atoms with Crippen molar-refractivity contribution in [2.45, 2.75) is 25.8 Å². The van der Waals surface area contributed by atoms with Crippen LogP contribution in [0.3, 0.4) is 0 Å². The molecule has 7 nitrogen and oxygen atoms in total. The zero-order chi connectivity index (χ0) is 23.3. The lowest BCUT2D eigenvalue weighted by molar-refractivity contribution is -0.132. The van der Waals surface area contributed by atoms with E-state index in [9.17, 15) is 9.18 Å². The number of carbonyl (C=O) groups is 1. The molecule has 1 saturated heterocycles. The molecule has 0 unspecified atom stereocenters. The first-order valence-electron chi connectivity index (χ1n) is 11.6. The van der Waals surface area contributed by atoms with E-state index in [1.807, 2.05) is 35.4 Å². The third-order valence-corrected chi connectivity index (χ3v) is 6.16. The third-order valence-electron chi connectivity index (χ3n) is 6.16. The molecule has 1 aromatic heterocycles. The van der Waals surface area contributed by atoms with Gasteiger partial charge < -0.3 is 19.3 Å². The van der Waals surface area contributed by atoms with Crippen molar-refractivity contribution < 1.29 is 18.7 Å². The van der Waals surface area contributed by atoms with Crippen molar-refractivity contribution in [3.8, 4) is 11.5 Å². The normalized spacial score (nSPS) is 15.7. The zero-order valence-electron chi connectivity index (χ0n) is 19.0. The molecule has 1 amide bonds. The fraction of sp³-hybridized carbons (Fsp3) is 0.346. The molecular weight excluding hydrogens is 435 g/mol. The monoisotopic (exact) mass is 462 g/mol. The number of morpholine rings is 1. The van der Waals surface area contributed by atoms with Crippen molar-refractivity contribution in [3.05, 3.63) is 77.4 Å². The molecule has 2 aliphatic rings. The van der Waals surface area contributed by atoms with Crippen molar-refractivity contribution in [1.29, 1.82) is 0 Å². The van der Waals surface area contributed by atoms with Crippen LogP contribution >= 0.6 is 0 Å². The smallest absolute Gasteiger partial charge is 0.225 e. The van der Waals surface area contributed by atoms with Gasteiger partial charge in [0, 0.05) is 32.3 Å². The van der Waals surface area contributed by atoms with E-state index in [0.717, 1.165) is 36.3 Å². The molecule has 0 spiro atoms. The highest BCUT2D eigenvalue weighted by Crippen LogP contribution is 2.24. The number of carbonyl (C=O) groups excluding carboxylic acids is 1. The van der Waals surface area contributed by atoms with E-state index < -0.39 is 0 Å². The summed E-state index contributed by atoms with van der Waals surface area (Å²) in [5.74, 6) is 1.76. The summed E-state index contributed by atoms with van der Waals surface area (Å²) in [5.41, 5.74) is 3.07. The number of amides is 1. The molecule has 0 saturated carbocycles. The molecule has 5 rings (SSSR count). The summed E-state index contributed by atoms with van der Waals surface area (Å²) in [6.07, 6.45) is 3.70. The molecule has 176 valence electrons. The number of aryl methyl sites for hydroxylation is 1. The molecule has 3 heterocycles. The van der Waals surface area contributed by atoms with Gasteiger partial charge in [-0.05, 0) is 60.4 Å². The van der Waals surface area contributed by atoms with Crippen molar-refractivity contribution in [2.24, 2.45) is 0 Å². The average Bonchev–Trinajstić information content (AvgIpc) is 2.89. The summed E-state index contributed by atoms with van der Waals surface area (Å²) in [4.78, 5) is 26.3. The minimum absolute atomic E-state index is 0.113. The van der Waals surface area contributed by atoms with E-state index in [0.29, 0.717) is 56.6 Å². The molecule has 1 fully saturated rings. The van der Waals surface area contributed by atoms with Gasteiger partial charge in [0.1, 0.15) is 17.3 Å². The van der Waals surface area contributed by atoms with Crippen LogP contribution < -0.4 is 9.64 Å². The van der Waals surface area contributed by atoms with Gasteiger partial charge in [0.15, 0.2) is 0 Å². The van der Waals surface area contributed by atoms with Crippen LogP contribution in [0.15, 0.2) is 54.7 Å². The Morgan fingerprint density at radius 1 is 1.06 bits per heavy atom. The van der Waals surface area contributed by atoms with Crippen LogP contribution in [0.1, 0.15) is 23.2 Å². The first-order valence-corrected chi connectivity index (χ1v) is 11.6. The van der Waals surface area contributed by atoms with Crippen LogP contribution in [0.4, 0.5) is 10.3 Å². The molecule has 0 aliphatic carbocycles. The van der Waals surface area contributed by atoms with E-state index in [2.05, 4.69) is 9.88 Å². The van der Waals surface area contributed by atoms with Crippen LogP contribution in [0.2, 0.25) is 0 Å². The number of benzene rings is 2. The maximum Gasteiger partial charge on any atom is 0.225 e. The van der Waals surface area contributed by atoms with Crippen LogP contribution in [-0.4, -0.2) is 53.6 Å². The van der Waals surface area contributed by atoms with E-state index in [1.54, 1.807) is 12.1 Å². The molecule has 2 aromatic carbocycles. The predicted octanol–water partition coefficient (Wildman–Crippen LogP) is 3.76. The van der Waals surface area contributed by atoms with Gasteiger partial charge >= 0.3 is 0 Å². The molecular formula is C26H27FN4O3. The number of hydrogen-bond acceptors (Lipinski definition) is 6. The fourth-order valence-electron chi connectivity index (χ4n) is 4.23. The van der Waals surface area contributed by atoms with Gasteiger partial charge in [-0.1, -0.05) is 12.1 Å². The summed E-state index contributed by atoms with van der Waals surface area (Å²) in [5, 5.41) is 0. The second-order valence-electron chi connectivity index (χ2n) is 8.51. The van der Waals surface area contributed by atoms with Crippen LogP contribution in [0.25, 0.3) is 0 Å². The maximum atomic E-state index is 13.1. The lowest BCUT2D eigenvalue weighted by atomic mass is 10.0. The lowest BCUT2D eigenvalue weighted by Gasteiger charge is -2.30. The summed E-state index contributed by atoms with van der Waals surface area (Å²) in [7, 11) is 0. The van der Waals surface area contributed by atoms with Crippen molar-refractivity contribution in [1.82, 2.24) is 14.9 Å². The Bertz CT molecular complexity index is 1150. The molecule has 0 radical (unpaired) electrons. The number of halogens is 1. The zero-order valence-corrected chi connectivity index (χ0v) is 19.0. The van der Waals surface area contributed by atoms with Gasteiger partial charge in [0.05, 0.1) is 25.5 Å². The van der Waals surface area contributed by atoms with Crippen molar-refractivity contribution in [2.75, 3.05) is 37.7 Å². The number of hydrogen-bond donors (Lipinski definition) is 0. The SMILES string of the molecule is O=C(CCc1cccc(Oc2ccc(F)cc2)c1)N1CCc2cnc(N3CCOCC3)nc2C1. The minimum atomic E-state index is -0.302. The van der Waals surface area contributed by atoms with E-state index in [1.165, 1.54) is 12.1 Å². The van der Waals surface area contributed by atoms with E-state index in [-0.39, 0.29) is 11.7 Å². The Morgan fingerprint density at radius 3 is 2.71 bits per heavy atom. The lowest BCUT2D eigenvalue weighted by Crippen LogP contribution is -2.39. The molecule has 2 aliphatic heterocycles. The Labute approximate surface area is 198 Å².